The number of aromatic nitrogens is 2. The van der Waals surface area contributed by atoms with Gasteiger partial charge in [-0.05, 0) is 31.5 Å². The highest BCUT2D eigenvalue weighted by molar-refractivity contribution is 7.18. The van der Waals surface area contributed by atoms with Crippen LogP contribution in [-0.4, -0.2) is 37.5 Å². The van der Waals surface area contributed by atoms with E-state index in [-0.39, 0.29) is 0 Å². The number of anilines is 1. The number of ether oxygens (including phenoxy) is 3. The highest BCUT2D eigenvalue weighted by Crippen LogP contribution is 2.39. The van der Waals surface area contributed by atoms with Crippen LogP contribution in [0.2, 0.25) is 0 Å². The molecule has 8 heteroatoms. The Morgan fingerprint density at radius 2 is 1.81 bits per heavy atom. The number of nitrogens with one attached hydrogen (secondary N) is 1. The van der Waals surface area contributed by atoms with Crippen LogP contribution >= 0.6 is 11.3 Å². The normalized spacial score (nSPS) is 11.1. The van der Waals surface area contributed by atoms with Gasteiger partial charge in [0, 0.05) is 10.4 Å². The third-order valence-electron chi connectivity index (χ3n) is 4.07. The number of fused-ring (bicyclic) bond motifs is 1. The van der Waals surface area contributed by atoms with Gasteiger partial charge in [-0.3, -0.25) is 5.43 Å². The van der Waals surface area contributed by atoms with Crippen molar-refractivity contribution < 1.29 is 14.2 Å². The van der Waals surface area contributed by atoms with Crippen LogP contribution in [0.1, 0.15) is 16.0 Å². The van der Waals surface area contributed by atoms with Crippen LogP contribution in [-0.2, 0) is 0 Å². The summed E-state index contributed by atoms with van der Waals surface area (Å²) in [6.07, 6.45) is 3.19. The van der Waals surface area contributed by atoms with Gasteiger partial charge in [-0.15, -0.1) is 11.3 Å². The van der Waals surface area contributed by atoms with Crippen molar-refractivity contribution in [2.75, 3.05) is 26.8 Å². The monoisotopic (exact) mass is 372 g/mol. The lowest BCUT2D eigenvalue weighted by Gasteiger charge is -2.13. The molecule has 136 valence electrons. The molecule has 1 aromatic carbocycles. The van der Waals surface area contributed by atoms with Crippen LogP contribution in [0, 0.1) is 13.8 Å². The van der Waals surface area contributed by atoms with Crippen molar-refractivity contribution in [2.45, 2.75) is 13.8 Å². The first-order valence-corrected chi connectivity index (χ1v) is 8.71. The van der Waals surface area contributed by atoms with E-state index >= 15 is 0 Å². The minimum Gasteiger partial charge on any atom is -0.493 e. The fraction of sp³-hybridized carbons (Fsp3) is 0.278. The Bertz CT molecular complexity index is 969. The first kappa shape index (κ1) is 17.9. The highest BCUT2D eigenvalue weighted by Gasteiger charge is 2.15. The largest absolute Gasteiger partial charge is 0.493 e. The van der Waals surface area contributed by atoms with Crippen LogP contribution in [0.15, 0.2) is 23.6 Å². The smallest absolute Gasteiger partial charge is 0.203 e. The van der Waals surface area contributed by atoms with E-state index in [1.54, 1.807) is 44.9 Å². The molecule has 0 fully saturated rings. The summed E-state index contributed by atoms with van der Waals surface area (Å²) in [6.45, 7) is 4.13. The van der Waals surface area contributed by atoms with Crippen LogP contribution in [0.25, 0.3) is 10.2 Å². The zero-order valence-corrected chi connectivity index (χ0v) is 16.1. The molecule has 0 unspecified atom stereocenters. The Balaban J connectivity index is 1.93. The maximum atomic E-state index is 5.46. The Hall–Kier alpha value is -2.87. The van der Waals surface area contributed by atoms with Gasteiger partial charge in [0.25, 0.3) is 0 Å². The zero-order valence-electron chi connectivity index (χ0n) is 15.3. The molecule has 0 aliphatic heterocycles. The number of methoxy groups -OCH3 is 3. The van der Waals surface area contributed by atoms with E-state index in [2.05, 4.69) is 34.3 Å². The van der Waals surface area contributed by atoms with Gasteiger partial charge < -0.3 is 14.2 Å². The zero-order chi connectivity index (χ0) is 18.7. The van der Waals surface area contributed by atoms with Crippen LogP contribution in [0.3, 0.4) is 0 Å². The van der Waals surface area contributed by atoms with Gasteiger partial charge in [0.2, 0.25) is 5.75 Å². The molecule has 0 aliphatic rings. The summed E-state index contributed by atoms with van der Waals surface area (Å²) >= 11 is 1.64. The molecule has 26 heavy (non-hydrogen) atoms. The summed E-state index contributed by atoms with van der Waals surface area (Å²) in [5, 5.41) is 5.31. The molecular formula is C18H20N4O3S. The molecule has 0 amide bonds. The first-order chi connectivity index (χ1) is 12.6. The quantitative estimate of drug-likeness (QED) is 0.524. The molecule has 2 aromatic heterocycles. The fourth-order valence-corrected chi connectivity index (χ4v) is 3.65. The van der Waals surface area contributed by atoms with Crippen LogP contribution in [0.4, 0.5) is 5.82 Å². The maximum absolute atomic E-state index is 5.46. The second-order valence-electron chi connectivity index (χ2n) is 5.48. The summed E-state index contributed by atoms with van der Waals surface area (Å²) in [7, 11) is 4.73. The predicted octanol–water partition coefficient (Wildman–Crippen LogP) is 3.78. The van der Waals surface area contributed by atoms with Gasteiger partial charge in [-0.25, -0.2) is 9.97 Å². The van der Waals surface area contributed by atoms with Crippen molar-refractivity contribution in [3.8, 4) is 17.2 Å². The molecule has 0 saturated carbocycles. The lowest BCUT2D eigenvalue weighted by molar-refractivity contribution is 0.324. The number of aryl methyl sites for hydroxylation is 2. The minimum atomic E-state index is 0.521. The second-order valence-corrected chi connectivity index (χ2v) is 6.68. The molecule has 0 aliphatic carbocycles. The van der Waals surface area contributed by atoms with E-state index in [0.29, 0.717) is 23.1 Å². The Kier molecular flexibility index (Phi) is 5.22. The lowest BCUT2D eigenvalue weighted by Crippen LogP contribution is -2.00. The number of hydrogen-bond donors (Lipinski definition) is 1. The SMILES string of the molecule is COc1ccc(/C=N\Nc2ncnc3sc(C)c(C)c23)c(OC)c1OC. The number of benzene rings is 1. The molecular weight excluding hydrogens is 352 g/mol. The van der Waals surface area contributed by atoms with Crippen molar-refractivity contribution in [3.63, 3.8) is 0 Å². The third-order valence-corrected chi connectivity index (χ3v) is 5.19. The Morgan fingerprint density at radius 1 is 1.04 bits per heavy atom. The molecule has 0 radical (unpaired) electrons. The summed E-state index contributed by atoms with van der Waals surface area (Å²) in [5.74, 6) is 2.34. The number of hydrogen-bond acceptors (Lipinski definition) is 8. The van der Waals surface area contributed by atoms with E-state index in [1.165, 1.54) is 11.2 Å². The molecule has 1 N–H and O–H groups in total. The molecule has 0 spiro atoms. The van der Waals surface area contributed by atoms with E-state index in [0.717, 1.165) is 21.3 Å². The number of rotatable bonds is 6. The Labute approximate surface area is 155 Å². The number of thiophene rings is 1. The third kappa shape index (κ3) is 3.15. The van der Waals surface area contributed by atoms with Gasteiger partial charge in [-0.2, -0.15) is 5.10 Å². The fourth-order valence-electron chi connectivity index (χ4n) is 2.66. The van der Waals surface area contributed by atoms with Crippen molar-refractivity contribution in [1.29, 1.82) is 0 Å². The molecule has 2 heterocycles. The molecule has 7 nitrogen and oxygen atoms in total. The van der Waals surface area contributed by atoms with Crippen molar-refractivity contribution in [1.82, 2.24) is 9.97 Å². The molecule has 3 rings (SSSR count). The van der Waals surface area contributed by atoms with Crippen LogP contribution < -0.4 is 19.6 Å². The topological polar surface area (TPSA) is 77.9 Å². The summed E-state index contributed by atoms with van der Waals surface area (Å²) in [4.78, 5) is 10.8. The average Bonchev–Trinajstić information content (AvgIpc) is 2.95. The van der Waals surface area contributed by atoms with Gasteiger partial charge in [0.05, 0.1) is 32.9 Å². The molecule has 0 bridgehead atoms. The number of nitrogens with zero attached hydrogens (tertiary/aromatic N) is 3. The van der Waals surface area contributed by atoms with Crippen LogP contribution in [0.5, 0.6) is 17.2 Å². The van der Waals surface area contributed by atoms with E-state index in [9.17, 15) is 0 Å². The second kappa shape index (κ2) is 7.57. The Morgan fingerprint density at radius 3 is 2.50 bits per heavy atom. The summed E-state index contributed by atoms with van der Waals surface area (Å²) < 4.78 is 16.1. The average molecular weight is 372 g/mol. The lowest BCUT2D eigenvalue weighted by atomic mass is 10.2. The molecule has 3 aromatic rings. The maximum Gasteiger partial charge on any atom is 0.203 e. The summed E-state index contributed by atoms with van der Waals surface area (Å²) in [5.41, 5.74) is 4.92. The molecule has 0 atom stereocenters. The first-order valence-electron chi connectivity index (χ1n) is 7.89. The molecule has 0 saturated heterocycles. The van der Waals surface area contributed by atoms with Gasteiger partial charge in [-0.1, -0.05) is 0 Å². The van der Waals surface area contributed by atoms with Crippen molar-refractivity contribution >= 4 is 33.6 Å². The van der Waals surface area contributed by atoms with Gasteiger partial charge >= 0.3 is 0 Å². The number of hydrazone groups is 1. The van der Waals surface area contributed by atoms with E-state index < -0.39 is 0 Å². The predicted molar refractivity (Wildman–Crippen MR) is 104 cm³/mol. The van der Waals surface area contributed by atoms with Gasteiger partial charge in [0.1, 0.15) is 11.2 Å². The van der Waals surface area contributed by atoms with Crippen molar-refractivity contribution in [2.24, 2.45) is 5.10 Å². The highest BCUT2D eigenvalue weighted by atomic mass is 32.1. The van der Waals surface area contributed by atoms with Gasteiger partial charge in [0.15, 0.2) is 17.3 Å². The van der Waals surface area contributed by atoms with Crippen molar-refractivity contribution in [3.05, 3.63) is 34.5 Å². The van der Waals surface area contributed by atoms with E-state index in [4.69, 9.17) is 14.2 Å². The minimum absolute atomic E-state index is 0.521. The summed E-state index contributed by atoms with van der Waals surface area (Å²) in [6, 6.07) is 3.65. The standard InChI is InChI=1S/C18H20N4O3S/c1-10-11(2)26-18-14(10)17(19-9-20-18)22-21-8-12-6-7-13(23-3)16(25-5)15(12)24-4/h6-9H,1-5H3,(H,19,20,22)/b21-8-. The van der Waals surface area contributed by atoms with E-state index in [1.807, 2.05) is 6.07 Å².